The van der Waals surface area contributed by atoms with Crippen LogP contribution in [0.1, 0.15) is 24.1 Å². The van der Waals surface area contributed by atoms with Crippen LogP contribution in [-0.4, -0.2) is 31.9 Å². The third-order valence-corrected chi connectivity index (χ3v) is 6.34. The van der Waals surface area contributed by atoms with Gasteiger partial charge in [0.1, 0.15) is 17.3 Å². The fraction of sp³-hybridized carbons (Fsp3) is 0.208. The second-order valence-electron chi connectivity index (χ2n) is 7.23. The average Bonchev–Trinajstić information content (AvgIpc) is 3.13. The average molecular weight is 469 g/mol. The Labute approximate surface area is 192 Å². The van der Waals surface area contributed by atoms with Crippen LogP contribution < -0.4 is 24.4 Å². The van der Waals surface area contributed by atoms with Crippen LogP contribution in [0.3, 0.4) is 0 Å². The van der Waals surface area contributed by atoms with E-state index in [0.29, 0.717) is 27.6 Å². The third-order valence-electron chi connectivity index (χ3n) is 5.35. The van der Waals surface area contributed by atoms with Gasteiger partial charge in [0.2, 0.25) is 0 Å². The molecule has 170 valence electrons. The van der Waals surface area contributed by atoms with E-state index in [9.17, 15) is 14.0 Å². The van der Waals surface area contributed by atoms with E-state index < -0.39 is 17.8 Å². The lowest BCUT2D eigenvalue weighted by atomic mass is 9.96. The maximum atomic E-state index is 14.5. The number of esters is 1. The van der Waals surface area contributed by atoms with E-state index >= 15 is 0 Å². The van der Waals surface area contributed by atoms with Gasteiger partial charge in [-0.15, -0.1) is 0 Å². The molecule has 0 N–H and O–H groups in total. The molecule has 0 saturated heterocycles. The number of ether oxygens (including phenoxy) is 3. The lowest BCUT2D eigenvalue weighted by Gasteiger charge is -2.24. The highest BCUT2D eigenvalue weighted by atomic mass is 32.1. The number of rotatable bonds is 5. The van der Waals surface area contributed by atoms with Gasteiger partial charge < -0.3 is 14.2 Å². The van der Waals surface area contributed by atoms with Gasteiger partial charge >= 0.3 is 5.97 Å². The number of benzene rings is 2. The Morgan fingerprint density at radius 1 is 1.09 bits per heavy atom. The van der Waals surface area contributed by atoms with Crippen LogP contribution in [0.25, 0.3) is 6.08 Å². The molecule has 9 heteroatoms. The summed E-state index contributed by atoms with van der Waals surface area (Å²) in [6, 6.07) is 10.7. The van der Waals surface area contributed by atoms with Gasteiger partial charge in [0, 0.05) is 11.6 Å². The summed E-state index contributed by atoms with van der Waals surface area (Å²) in [5, 5.41) is 0. The second kappa shape index (κ2) is 9.03. The normalized spacial score (nSPS) is 15.7. The molecule has 33 heavy (non-hydrogen) atoms. The van der Waals surface area contributed by atoms with E-state index in [0.717, 1.165) is 11.3 Å². The van der Waals surface area contributed by atoms with E-state index in [2.05, 4.69) is 4.99 Å². The number of hydrogen-bond acceptors (Lipinski definition) is 7. The zero-order valence-corrected chi connectivity index (χ0v) is 19.2. The highest BCUT2D eigenvalue weighted by Gasteiger charge is 2.33. The van der Waals surface area contributed by atoms with Gasteiger partial charge in [0.25, 0.3) is 5.56 Å². The summed E-state index contributed by atoms with van der Waals surface area (Å²) in [4.78, 5) is 31.0. The van der Waals surface area contributed by atoms with Crippen molar-refractivity contribution in [2.75, 3.05) is 21.3 Å². The van der Waals surface area contributed by atoms with Crippen molar-refractivity contribution in [3.8, 4) is 11.5 Å². The number of nitrogens with zero attached hydrogens (tertiary/aromatic N) is 2. The molecular formula is C24H21FN2O5S. The molecule has 2 heterocycles. The number of aromatic nitrogens is 1. The predicted octanol–water partition coefficient (Wildman–Crippen LogP) is 2.56. The molecule has 0 aliphatic carbocycles. The molecule has 3 aromatic rings. The quantitative estimate of drug-likeness (QED) is 0.538. The first-order valence-electron chi connectivity index (χ1n) is 9.96. The molecule has 0 bridgehead atoms. The van der Waals surface area contributed by atoms with Crippen molar-refractivity contribution in [1.82, 2.24) is 4.57 Å². The minimum atomic E-state index is -0.748. The fourth-order valence-electron chi connectivity index (χ4n) is 3.69. The summed E-state index contributed by atoms with van der Waals surface area (Å²) >= 11 is 1.13. The number of methoxy groups -OCH3 is 3. The highest BCUT2D eigenvalue weighted by Crippen LogP contribution is 2.31. The number of halogens is 1. The van der Waals surface area contributed by atoms with Gasteiger partial charge in [-0.25, -0.2) is 14.2 Å². The zero-order chi connectivity index (χ0) is 23.7. The number of fused-ring (bicyclic) bond motifs is 1. The zero-order valence-electron chi connectivity index (χ0n) is 18.4. The number of thiazole rings is 1. The molecule has 0 amide bonds. The van der Waals surface area contributed by atoms with Gasteiger partial charge in [-0.05, 0) is 42.8 Å². The van der Waals surface area contributed by atoms with Gasteiger partial charge in [0.15, 0.2) is 4.80 Å². The Kier molecular flexibility index (Phi) is 6.15. The summed E-state index contributed by atoms with van der Waals surface area (Å²) in [5.74, 6) is -0.0729. The third kappa shape index (κ3) is 4.07. The van der Waals surface area contributed by atoms with E-state index in [1.807, 2.05) is 0 Å². The lowest BCUT2D eigenvalue weighted by Crippen LogP contribution is -2.39. The Morgan fingerprint density at radius 3 is 2.36 bits per heavy atom. The van der Waals surface area contributed by atoms with Crippen LogP contribution in [0.15, 0.2) is 63.5 Å². The standard InChI is InChI=1S/C24H21FN2O5S/c1-13-20(23(29)32-4)21(14-5-8-16(30-2)9-6-14)27-22(28)19(33-24(27)26-13)11-15-7-10-17(31-3)12-18(15)25/h5-12,21H,1-4H3/b19-11-/t21-/m1/s1. The molecule has 7 nitrogen and oxygen atoms in total. The summed E-state index contributed by atoms with van der Waals surface area (Å²) in [5.41, 5.74) is 1.26. The molecule has 1 atom stereocenters. The molecule has 1 aliphatic heterocycles. The van der Waals surface area contributed by atoms with Crippen molar-refractivity contribution >= 4 is 23.4 Å². The molecule has 0 unspecified atom stereocenters. The summed E-state index contributed by atoms with van der Waals surface area (Å²) in [6.45, 7) is 1.70. The van der Waals surface area contributed by atoms with E-state index in [1.165, 1.54) is 30.9 Å². The van der Waals surface area contributed by atoms with Gasteiger partial charge in [-0.1, -0.05) is 23.5 Å². The molecule has 0 spiro atoms. The van der Waals surface area contributed by atoms with E-state index in [-0.39, 0.29) is 21.2 Å². The largest absolute Gasteiger partial charge is 0.497 e. The maximum absolute atomic E-state index is 14.5. The molecule has 0 fully saturated rings. The molecule has 0 radical (unpaired) electrons. The van der Waals surface area contributed by atoms with Crippen molar-refractivity contribution in [3.05, 3.63) is 90.4 Å². The number of hydrogen-bond donors (Lipinski definition) is 0. The Bertz CT molecular complexity index is 1440. The van der Waals surface area contributed by atoms with Gasteiger partial charge in [0.05, 0.1) is 43.2 Å². The topological polar surface area (TPSA) is 79.1 Å². The number of carbonyl (C=O) groups excluding carboxylic acids is 1. The minimum absolute atomic E-state index is 0.242. The van der Waals surface area contributed by atoms with Gasteiger partial charge in [-0.3, -0.25) is 9.36 Å². The van der Waals surface area contributed by atoms with Crippen molar-refractivity contribution < 1.29 is 23.4 Å². The van der Waals surface area contributed by atoms with Crippen LogP contribution in [0.4, 0.5) is 4.39 Å². The summed E-state index contributed by atoms with van der Waals surface area (Å²) in [6.07, 6.45) is 1.47. The Hall–Kier alpha value is -3.72. The fourth-order valence-corrected chi connectivity index (χ4v) is 4.72. The Morgan fingerprint density at radius 2 is 1.76 bits per heavy atom. The Balaban J connectivity index is 1.94. The van der Waals surface area contributed by atoms with Crippen molar-refractivity contribution in [3.63, 3.8) is 0 Å². The van der Waals surface area contributed by atoms with Crippen molar-refractivity contribution in [2.45, 2.75) is 13.0 Å². The van der Waals surface area contributed by atoms with Crippen LogP contribution in [0, 0.1) is 5.82 Å². The lowest BCUT2D eigenvalue weighted by molar-refractivity contribution is -0.136. The minimum Gasteiger partial charge on any atom is -0.497 e. The molecule has 4 rings (SSSR count). The van der Waals surface area contributed by atoms with Crippen LogP contribution in [-0.2, 0) is 9.53 Å². The maximum Gasteiger partial charge on any atom is 0.338 e. The second-order valence-corrected chi connectivity index (χ2v) is 8.24. The first-order chi connectivity index (χ1) is 15.9. The number of allylic oxidation sites excluding steroid dienone is 1. The van der Waals surface area contributed by atoms with E-state index in [1.54, 1.807) is 50.4 Å². The highest BCUT2D eigenvalue weighted by molar-refractivity contribution is 7.07. The molecular weight excluding hydrogens is 447 g/mol. The van der Waals surface area contributed by atoms with Crippen LogP contribution in [0.2, 0.25) is 0 Å². The smallest absolute Gasteiger partial charge is 0.338 e. The first-order valence-corrected chi connectivity index (χ1v) is 10.8. The summed E-state index contributed by atoms with van der Waals surface area (Å²) in [7, 11) is 4.29. The summed E-state index contributed by atoms with van der Waals surface area (Å²) < 4.78 is 31.5. The first kappa shape index (κ1) is 22.5. The van der Waals surface area contributed by atoms with Crippen molar-refractivity contribution in [2.24, 2.45) is 4.99 Å². The molecule has 1 aromatic heterocycles. The van der Waals surface area contributed by atoms with Crippen molar-refractivity contribution in [1.29, 1.82) is 0 Å². The molecule has 0 saturated carbocycles. The van der Waals surface area contributed by atoms with Crippen LogP contribution >= 0.6 is 11.3 Å². The predicted molar refractivity (Wildman–Crippen MR) is 122 cm³/mol. The monoisotopic (exact) mass is 468 g/mol. The van der Waals surface area contributed by atoms with Gasteiger partial charge in [-0.2, -0.15) is 0 Å². The molecule has 2 aromatic carbocycles. The van der Waals surface area contributed by atoms with E-state index in [4.69, 9.17) is 14.2 Å². The SMILES string of the molecule is COC(=O)C1=C(C)N=c2s/c(=C\c3ccc(OC)cc3F)c(=O)n2[C@@H]1c1ccc(OC)cc1. The van der Waals surface area contributed by atoms with Crippen LogP contribution in [0.5, 0.6) is 11.5 Å². The molecule has 1 aliphatic rings. The number of carbonyl (C=O) groups is 1.